The molecule has 0 saturated carbocycles. The molecular formula is C20H19N5O2S. The standard InChI is InChI=1S/C20H19N5O2S/c1-12-18(14-8-4-5-9-15(14)21-12)19(26)13(2)28-20-22-23-24-25(20)16-10-6-7-11-17(16)27-3/h4-11,13,21H,1-3H3/t13-/m0/s1. The van der Waals surface area contributed by atoms with Gasteiger partial charge in [-0.2, -0.15) is 4.68 Å². The number of tetrazole rings is 1. The molecule has 2 aromatic carbocycles. The van der Waals surface area contributed by atoms with Gasteiger partial charge in [0.05, 0.1) is 12.4 Å². The number of ketones is 1. The quantitative estimate of drug-likeness (QED) is 0.396. The van der Waals surface area contributed by atoms with Crippen LogP contribution in [0.2, 0.25) is 0 Å². The topological polar surface area (TPSA) is 85.7 Å². The number of Topliss-reactive ketones (excluding diaryl/α,β-unsaturated/α-hetero) is 1. The highest BCUT2D eigenvalue weighted by molar-refractivity contribution is 8.00. The van der Waals surface area contributed by atoms with Crippen molar-refractivity contribution in [2.75, 3.05) is 7.11 Å². The van der Waals surface area contributed by atoms with Gasteiger partial charge in [-0.15, -0.1) is 5.10 Å². The van der Waals surface area contributed by atoms with Gasteiger partial charge in [0.25, 0.3) is 0 Å². The number of rotatable bonds is 6. The minimum atomic E-state index is -0.364. The molecule has 7 nitrogen and oxygen atoms in total. The van der Waals surface area contributed by atoms with Crippen LogP contribution in [0, 0.1) is 6.92 Å². The number of nitrogens with one attached hydrogen (secondary N) is 1. The number of H-pyrrole nitrogens is 1. The summed E-state index contributed by atoms with van der Waals surface area (Å²) in [4.78, 5) is 16.5. The predicted molar refractivity (Wildman–Crippen MR) is 108 cm³/mol. The van der Waals surface area contributed by atoms with E-state index in [-0.39, 0.29) is 11.0 Å². The smallest absolute Gasteiger partial charge is 0.214 e. The van der Waals surface area contributed by atoms with Gasteiger partial charge in [-0.1, -0.05) is 42.1 Å². The van der Waals surface area contributed by atoms with Crippen LogP contribution < -0.4 is 4.74 Å². The van der Waals surface area contributed by atoms with Crippen molar-refractivity contribution in [3.05, 3.63) is 59.8 Å². The summed E-state index contributed by atoms with van der Waals surface area (Å²) >= 11 is 1.32. The molecule has 0 aliphatic carbocycles. The van der Waals surface area contributed by atoms with Crippen LogP contribution in [0.3, 0.4) is 0 Å². The predicted octanol–water partition coefficient (Wildman–Crippen LogP) is 3.82. The maximum Gasteiger partial charge on any atom is 0.214 e. The number of aromatic nitrogens is 5. The number of carbonyl (C=O) groups excluding carboxylic acids is 1. The molecule has 28 heavy (non-hydrogen) atoms. The van der Waals surface area contributed by atoms with Gasteiger partial charge in [0.1, 0.15) is 11.4 Å². The summed E-state index contributed by atoms with van der Waals surface area (Å²) in [6.07, 6.45) is 0. The van der Waals surface area contributed by atoms with Gasteiger partial charge >= 0.3 is 0 Å². The van der Waals surface area contributed by atoms with E-state index in [0.717, 1.165) is 22.3 Å². The van der Waals surface area contributed by atoms with E-state index in [1.54, 1.807) is 11.8 Å². The van der Waals surface area contributed by atoms with Gasteiger partial charge in [-0.05, 0) is 42.5 Å². The number of para-hydroxylation sites is 3. The molecule has 0 radical (unpaired) electrons. The first-order valence-corrected chi connectivity index (χ1v) is 9.68. The number of thioether (sulfide) groups is 1. The largest absolute Gasteiger partial charge is 0.494 e. The Hall–Kier alpha value is -3.13. The Morgan fingerprint density at radius 1 is 1.18 bits per heavy atom. The molecular weight excluding hydrogens is 374 g/mol. The van der Waals surface area contributed by atoms with Crippen molar-refractivity contribution in [1.82, 2.24) is 25.2 Å². The SMILES string of the molecule is COc1ccccc1-n1nnnc1S[C@@H](C)C(=O)c1c(C)[nH]c2ccccc12. The van der Waals surface area contributed by atoms with E-state index >= 15 is 0 Å². The molecule has 8 heteroatoms. The Morgan fingerprint density at radius 2 is 1.93 bits per heavy atom. The molecule has 4 rings (SSSR count). The number of carbonyl (C=O) groups is 1. The van der Waals surface area contributed by atoms with Crippen molar-refractivity contribution in [2.45, 2.75) is 24.3 Å². The highest BCUT2D eigenvalue weighted by Gasteiger charge is 2.25. The van der Waals surface area contributed by atoms with Gasteiger partial charge in [-0.25, -0.2) is 0 Å². The summed E-state index contributed by atoms with van der Waals surface area (Å²) in [6.45, 7) is 3.79. The fourth-order valence-corrected chi connectivity index (χ4v) is 4.08. The number of nitrogens with zero attached hydrogens (tertiary/aromatic N) is 4. The van der Waals surface area contributed by atoms with Gasteiger partial charge in [0, 0.05) is 22.2 Å². The average Bonchev–Trinajstić information content (AvgIpc) is 3.30. The zero-order valence-corrected chi connectivity index (χ0v) is 16.5. The Labute approximate surface area is 166 Å². The van der Waals surface area contributed by atoms with Crippen LogP contribution in [0.4, 0.5) is 0 Å². The van der Waals surface area contributed by atoms with E-state index in [1.807, 2.05) is 62.4 Å². The Morgan fingerprint density at radius 3 is 2.75 bits per heavy atom. The zero-order chi connectivity index (χ0) is 19.7. The second-order valence-electron chi connectivity index (χ2n) is 6.34. The summed E-state index contributed by atoms with van der Waals surface area (Å²) in [5.74, 6) is 0.692. The molecule has 0 amide bonds. The molecule has 0 spiro atoms. The number of fused-ring (bicyclic) bond motifs is 1. The van der Waals surface area contributed by atoms with Gasteiger partial charge in [0.15, 0.2) is 5.78 Å². The molecule has 4 aromatic rings. The highest BCUT2D eigenvalue weighted by Crippen LogP contribution is 2.31. The van der Waals surface area contributed by atoms with E-state index in [2.05, 4.69) is 20.5 Å². The van der Waals surface area contributed by atoms with Crippen molar-refractivity contribution in [3.63, 3.8) is 0 Å². The van der Waals surface area contributed by atoms with Crippen LogP contribution >= 0.6 is 11.8 Å². The first-order chi connectivity index (χ1) is 13.6. The third kappa shape index (κ3) is 3.16. The Bertz CT molecular complexity index is 1150. The first-order valence-electron chi connectivity index (χ1n) is 8.80. The lowest BCUT2D eigenvalue weighted by atomic mass is 10.1. The van der Waals surface area contributed by atoms with Crippen molar-refractivity contribution >= 4 is 28.4 Å². The second kappa shape index (κ2) is 7.47. The van der Waals surface area contributed by atoms with Crippen molar-refractivity contribution < 1.29 is 9.53 Å². The van der Waals surface area contributed by atoms with Gasteiger partial charge in [0.2, 0.25) is 5.16 Å². The average molecular weight is 393 g/mol. The summed E-state index contributed by atoms with van der Waals surface area (Å²) in [5, 5.41) is 13.1. The molecule has 0 saturated heterocycles. The summed E-state index contributed by atoms with van der Waals surface area (Å²) < 4.78 is 7.00. The number of aromatic amines is 1. The molecule has 1 atom stereocenters. The van der Waals surface area contributed by atoms with Crippen LogP contribution in [0.1, 0.15) is 23.0 Å². The lowest BCUT2D eigenvalue weighted by molar-refractivity contribution is 0.0995. The number of benzene rings is 2. The number of ether oxygens (including phenoxy) is 1. The number of methoxy groups -OCH3 is 1. The van der Waals surface area contributed by atoms with E-state index in [0.29, 0.717) is 16.5 Å². The van der Waals surface area contributed by atoms with Crippen molar-refractivity contribution in [3.8, 4) is 11.4 Å². The maximum absolute atomic E-state index is 13.2. The maximum atomic E-state index is 13.2. The van der Waals surface area contributed by atoms with Crippen LogP contribution in [0.25, 0.3) is 16.6 Å². The highest BCUT2D eigenvalue weighted by atomic mass is 32.2. The third-order valence-electron chi connectivity index (χ3n) is 4.55. The van der Waals surface area contributed by atoms with Crippen LogP contribution in [0.15, 0.2) is 53.7 Å². The second-order valence-corrected chi connectivity index (χ2v) is 7.65. The van der Waals surface area contributed by atoms with Crippen LogP contribution in [-0.4, -0.2) is 43.3 Å². The molecule has 0 aliphatic heterocycles. The fraction of sp³-hybridized carbons (Fsp3) is 0.200. The molecule has 0 aliphatic rings. The lowest BCUT2D eigenvalue weighted by Gasteiger charge is -2.12. The van der Waals surface area contributed by atoms with E-state index in [4.69, 9.17) is 4.74 Å². The molecule has 2 heterocycles. The van der Waals surface area contributed by atoms with Crippen LogP contribution in [0.5, 0.6) is 5.75 Å². The molecule has 1 N–H and O–H groups in total. The molecule has 0 unspecified atom stereocenters. The minimum Gasteiger partial charge on any atom is -0.494 e. The lowest BCUT2D eigenvalue weighted by Crippen LogP contribution is -2.15. The van der Waals surface area contributed by atoms with E-state index < -0.39 is 0 Å². The summed E-state index contributed by atoms with van der Waals surface area (Å²) in [6, 6.07) is 15.3. The minimum absolute atomic E-state index is 0.0366. The number of hydrogen-bond donors (Lipinski definition) is 1. The van der Waals surface area contributed by atoms with Crippen molar-refractivity contribution in [1.29, 1.82) is 0 Å². The van der Waals surface area contributed by atoms with Crippen LogP contribution in [-0.2, 0) is 0 Å². The van der Waals surface area contributed by atoms with Gasteiger partial charge < -0.3 is 9.72 Å². The summed E-state index contributed by atoms with van der Waals surface area (Å²) in [7, 11) is 1.60. The van der Waals surface area contributed by atoms with E-state index in [1.165, 1.54) is 11.8 Å². The van der Waals surface area contributed by atoms with E-state index in [9.17, 15) is 4.79 Å². The normalized spacial score (nSPS) is 12.2. The van der Waals surface area contributed by atoms with Crippen molar-refractivity contribution in [2.24, 2.45) is 0 Å². The Balaban J connectivity index is 1.65. The zero-order valence-electron chi connectivity index (χ0n) is 15.7. The first kappa shape index (κ1) is 18.2. The number of aryl methyl sites for hydroxylation is 1. The summed E-state index contributed by atoms with van der Waals surface area (Å²) in [5.41, 5.74) is 3.26. The Kier molecular flexibility index (Phi) is 4.87. The van der Waals surface area contributed by atoms with Gasteiger partial charge in [-0.3, -0.25) is 4.79 Å². The third-order valence-corrected chi connectivity index (χ3v) is 5.58. The monoisotopic (exact) mass is 393 g/mol. The molecule has 2 aromatic heterocycles. The molecule has 0 fully saturated rings. The molecule has 0 bridgehead atoms. The fourth-order valence-electron chi connectivity index (χ4n) is 3.22. The number of hydrogen-bond acceptors (Lipinski definition) is 6. The molecule has 142 valence electrons.